The van der Waals surface area contributed by atoms with Crippen molar-refractivity contribution < 1.29 is 19.4 Å². The first-order valence-electron chi connectivity index (χ1n) is 3.73. The Morgan fingerprint density at radius 2 is 2.29 bits per heavy atom. The molecule has 0 bridgehead atoms. The van der Waals surface area contributed by atoms with Gasteiger partial charge >= 0.3 is 5.97 Å². The van der Waals surface area contributed by atoms with Gasteiger partial charge < -0.3 is 9.84 Å². The zero-order valence-electron chi connectivity index (χ0n) is 7.07. The molecule has 1 rings (SSSR count). The van der Waals surface area contributed by atoms with E-state index >= 15 is 0 Å². The molecule has 0 aliphatic carbocycles. The van der Waals surface area contributed by atoms with Crippen LogP contribution in [0.5, 0.6) is 5.75 Å². The predicted molar refractivity (Wildman–Crippen MR) is 52.7 cm³/mol. The van der Waals surface area contributed by atoms with Crippen LogP contribution in [-0.4, -0.2) is 24.0 Å². The Kier molecular flexibility index (Phi) is 3.64. The number of benzene rings is 1. The quantitative estimate of drug-likeness (QED) is 0.836. The lowest BCUT2D eigenvalue weighted by atomic mass is 10.2. The van der Waals surface area contributed by atoms with Crippen LogP contribution in [0.25, 0.3) is 0 Å². The second-order valence-electron chi connectivity index (χ2n) is 2.49. The first-order valence-corrected chi connectivity index (χ1v) is 4.52. The summed E-state index contributed by atoms with van der Waals surface area (Å²) in [6, 6.07) is 4.65. The highest BCUT2D eigenvalue weighted by Crippen LogP contribution is 2.25. The fraction of sp³-hybridized carbons (Fsp3) is 0.111. The molecule has 1 aromatic rings. The highest BCUT2D eigenvalue weighted by Gasteiger charge is 2.04. The van der Waals surface area contributed by atoms with E-state index < -0.39 is 12.6 Å². The van der Waals surface area contributed by atoms with E-state index in [1.807, 2.05) is 0 Å². The first-order chi connectivity index (χ1) is 6.63. The summed E-state index contributed by atoms with van der Waals surface area (Å²) >= 11 is 3.16. The number of rotatable bonds is 4. The van der Waals surface area contributed by atoms with Gasteiger partial charge in [-0.3, -0.25) is 4.79 Å². The van der Waals surface area contributed by atoms with Gasteiger partial charge in [0.05, 0.1) is 4.47 Å². The lowest BCUT2D eigenvalue weighted by Crippen LogP contribution is -2.09. The summed E-state index contributed by atoms with van der Waals surface area (Å²) in [4.78, 5) is 20.6. The van der Waals surface area contributed by atoms with Gasteiger partial charge in [-0.25, -0.2) is 4.79 Å². The summed E-state index contributed by atoms with van der Waals surface area (Å²) in [5.74, 6) is -0.644. The largest absolute Gasteiger partial charge is 0.481 e. The standard InChI is InChI=1S/C9H7BrO4/c10-7-3-6(4-11)1-2-8(7)14-5-9(12)13/h1-4H,5H2,(H,12,13). The Morgan fingerprint density at radius 1 is 1.57 bits per heavy atom. The van der Waals surface area contributed by atoms with E-state index in [9.17, 15) is 9.59 Å². The number of hydrogen-bond acceptors (Lipinski definition) is 3. The molecule has 4 nitrogen and oxygen atoms in total. The fourth-order valence-electron chi connectivity index (χ4n) is 0.847. The van der Waals surface area contributed by atoms with Crippen molar-refractivity contribution in [3.63, 3.8) is 0 Å². The zero-order valence-corrected chi connectivity index (χ0v) is 8.65. The Labute approximate surface area is 88.6 Å². The topological polar surface area (TPSA) is 63.6 Å². The van der Waals surface area contributed by atoms with Crippen LogP contribution < -0.4 is 4.74 Å². The lowest BCUT2D eigenvalue weighted by Gasteiger charge is -2.05. The number of ether oxygens (including phenoxy) is 1. The highest BCUT2D eigenvalue weighted by atomic mass is 79.9. The van der Waals surface area contributed by atoms with Crippen molar-refractivity contribution in [1.82, 2.24) is 0 Å². The third kappa shape index (κ3) is 2.85. The summed E-state index contributed by atoms with van der Waals surface area (Å²) in [6.45, 7) is -0.404. The fourth-order valence-corrected chi connectivity index (χ4v) is 1.36. The van der Waals surface area contributed by atoms with Crippen LogP contribution in [0.3, 0.4) is 0 Å². The van der Waals surface area contributed by atoms with E-state index in [1.54, 1.807) is 12.1 Å². The maximum absolute atomic E-state index is 10.4. The molecule has 1 aromatic carbocycles. The van der Waals surface area contributed by atoms with Crippen molar-refractivity contribution in [3.8, 4) is 5.75 Å². The second kappa shape index (κ2) is 4.76. The summed E-state index contributed by atoms with van der Waals surface area (Å²) in [5.41, 5.74) is 0.500. The Hall–Kier alpha value is -1.36. The van der Waals surface area contributed by atoms with E-state index in [4.69, 9.17) is 9.84 Å². The summed E-state index contributed by atoms with van der Waals surface area (Å²) < 4.78 is 5.49. The van der Waals surface area contributed by atoms with E-state index in [0.29, 0.717) is 22.1 Å². The van der Waals surface area contributed by atoms with Gasteiger partial charge in [-0.1, -0.05) is 0 Å². The highest BCUT2D eigenvalue weighted by molar-refractivity contribution is 9.10. The van der Waals surface area contributed by atoms with Gasteiger partial charge in [0, 0.05) is 5.56 Å². The van der Waals surface area contributed by atoms with Gasteiger partial charge in [0.25, 0.3) is 0 Å². The number of carboxylic acid groups (broad SMARTS) is 1. The molecule has 5 heteroatoms. The van der Waals surface area contributed by atoms with Crippen LogP contribution >= 0.6 is 15.9 Å². The maximum Gasteiger partial charge on any atom is 0.341 e. The molecule has 0 aromatic heterocycles. The van der Waals surface area contributed by atoms with Crippen molar-refractivity contribution in [2.45, 2.75) is 0 Å². The maximum atomic E-state index is 10.4. The van der Waals surface area contributed by atoms with Crippen LogP contribution in [-0.2, 0) is 4.79 Å². The first kappa shape index (κ1) is 10.7. The predicted octanol–water partition coefficient (Wildman–Crippen LogP) is 1.73. The number of aldehydes is 1. The van der Waals surface area contributed by atoms with Gasteiger partial charge in [-0.2, -0.15) is 0 Å². The number of carbonyl (C=O) groups is 2. The summed E-state index contributed by atoms with van der Waals surface area (Å²) in [7, 11) is 0. The van der Waals surface area contributed by atoms with Crippen molar-refractivity contribution in [2.75, 3.05) is 6.61 Å². The molecular formula is C9H7BrO4. The molecule has 0 saturated heterocycles. The number of hydrogen-bond donors (Lipinski definition) is 1. The van der Waals surface area contributed by atoms with Crippen molar-refractivity contribution in [3.05, 3.63) is 28.2 Å². The molecule has 0 heterocycles. The van der Waals surface area contributed by atoms with E-state index in [0.717, 1.165) is 0 Å². The smallest absolute Gasteiger partial charge is 0.341 e. The Balaban J connectivity index is 2.78. The van der Waals surface area contributed by atoms with Gasteiger partial charge in [-0.05, 0) is 34.1 Å². The molecule has 14 heavy (non-hydrogen) atoms. The molecule has 0 radical (unpaired) electrons. The summed E-state index contributed by atoms with van der Waals surface area (Å²) in [5, 5.41) is 8.37. The van der Waals surface area contributed by atoms with E-state index in [2.05, 4.69) is 15.9 Å². The molecular weight excluding hydrogens is 252 g/mol. The molecule has 0 saturated carbocycles. The van der Waals surface area contributed by atoms with Crippen LogP contribution in [0.15, 0.2) is 22.7 Å². The van der Waals surface area contributed by atoms with Crippen molar-refractivity contribution in [1.29, 1.82) is 0 Å². The summed E-state index contributed by atoms with van der Waals surface area (Å²) in [6.07, 6.45) is 0.700. The lowest BCUT2D eigenvalue weighted by molar-refractivity contribution is -0.139. The van der Waals surface area contributed by atoms with Crippen LogP contribution in [0.1, 0.15) is 10.4 Å². The number of carboxylic acids is 1. The van der Waals surface area contributed by atoms with E-state index in [1.165, 1.54) is 6.07 Å². The molecule has 0 fully saturated rings. The molecule has 0 atom stereocenters. The van der Waals surface area contributed by atoms with E-state index in [-0.39, 0.29) is 0 Å². The van der Waals surface area contributed by atoms with Gasteiger partial charge in [0.15, 0.2) is 6.61 Å². The molecule has 0 aliphatic heterocycles. The molecule has 1 N–H and O–H groups in total. The van der Waals surface area contributed by atoms with Gasteiger partial charge in [-0.15, -0.1) is 0 Å². The van der Waals surface area contributed by atoms with Crippen LogP contribution in [0.4, 0.5) is 0 Å². The molecule has 0 spiro atoms. The number of carbonyl (C=O) groups excluding carboxylic acids is 1. The SMILES string of the molecule is O=Cc1ccc(OCC(=O)O)c(Br)c1. The molecule has 74 valence electrons. The minimum atomic E-state index is -1.05. The Morgan fingerprint density at radius 3 is 2.79 bits per heavy atom. The number of halogens is 1. The van der Waals surface area contributed by atoms with Gasteiger partial charge in [0.1, 0.15) is 12.0 Å². The minimum absolute atomic E-state index is 0.401. The normalized spacial score (nSPS) is 9.50. The second-order valence-corrected chi connectivity index (χ2v) is 3.34. The van der Waals surface area contributed by atoms with Crippen molar-refractivity contribution in [2.24, 2.45) is 0 Å². The zero-order chi connectivity index (χ0) is 10.6. The Bertz CT molecular complexity index is 362. The molecule has 0 aliphatic rings. The third-order valence-electron chi connectivity index (χ3n) is 1.44. The minimum Gasteiger partial charge on any atom is -0.481 e. The average Bonchev–Trinajstić information content (AvgIpc) is 2.15. The van der Waals surface area contributed by atoms with Crippen molar-refractivity contribution >= 4 is 28.2 Å². The van der Waals surface area contributed by atoms with Gasteiger partial charge in [0.2, 0.25) is 0 Å². The monoisotopic (exact) mass is 258 g/mol. The molecule has 0 amide bonds. The average molecular weight is 259 g/mol. The molecule has 0 unspecified atom stereocenters. The third-order valence-corrected chi connectivity index (χ3v) is 2.06. The van der Waals surface area contributed by atoms with Crippen LogP contribution in [0.2, 0.25) is 0 Å². The number of aliphatic carboxylic acids is 1. The van der Waals surface area contributed by atoms with Crippen LogP contribution in [0, 0.1) is 0 Å².